The van der Waals surface area contributed by atoms with E-state index in [2.05, 4.69) is 21.2 Å². The number of imide groups is 1. The molecule has 0 spiro atoms. The zero-order valence-electron chi connectivity index (χ0n) is 19.4. The van der Waals surface area contributed by atoms with Crippen molar-refractivity contribution < 1.29 is 23.9 Å². The number of nitrogens with one attached hydrogen (secondary N) is 1. The number of carbonyl (C=O) groups is 4. The van der Waals surface area contributed by atoms with Crippen LogP contribution in [0.3, 0.4) is 0 Å². The van der Waals surface area contributed by atoms with Gasteiger partial charge in [-0.15, -0.1) is 0 Å². The summed E-state index contributed by atoms with van der Waals surface area (Å²) >= 11 is 9.46. The molecule has 2 aromatic carbocycles. The standard InChI is InChI=1S/C27H24BrClN2O5/c1-14-9-18(28)19(29)12-20(14)30-22(32)13-36-27(35)21(10-15-5-3-2-4-6-15)31-25(33)23-16-7-8-17(11-16)24(23)26(31)34/h2-9,12,16-17,21,23-24H,10-11,13H2,1H3,(H,30,32)/t16-,17-,21+,23-,24+/m0/s1. The highest BCUT2D eigenvalue weighted by atomic mass is 79.9. The van der Waals surface area contributed by atoms with E-state index < -0.39 is 36.4 Å². The maximum atomic E-state index is 13.4. The average Bonchev–Trinajstić information content (AvgIpc) is 3.54. The Morgan fingerprint density at radius 1 is 1.11 bits per heavy atom. The van der Waals surface area contributed by atoms with E-state index in [1.54, 1.807) is 12.1 Å². The fourth-order valence-corrected chi connectivity index (χ4v) is 6.17. The summed E-state index contributed by atoms with van der Waals surface area (Å²) in [4.78, 5) is 53.6. The van der Waals surface area contributed by atoms with Crippen LogP contribution in [0.4, 0.5) is 5.69 Å². The van der Waals surface area contributed by atoms with Crippen LogP contribution in [-0.2, 0) is 30.3 Å². The lowest BCUT2D eigenvalue weighted by Gasteiger charge is -2.26. The molecule has 3 amide bonds. The van der Waals surface area contributed by atoms with Crippen molar-refractivity contribution in [2.45, 2.75) is 25.8 Å². The Balaban J connectivity index is 1.32. The van der Waals surface area contributed by atoms with Gasteiger partial charge in [-0.05, 0) is 64.4 Å². The third-order valence-corrected chi connectivity index (χ3v) is 8.44. The van der Waals surface area contributed by atoms with Gasteiger partial charge in [0, 0.05) is 16.6 Å². The van der Waals surface area contributed by atoms with Crippen molar-refractivity contribution in [2.75, 3.05) is 11.9 Å². The first-order chi connectivity index (χ1) is 17.2. The second-order valence-electron chi connectivity index (χ2n) is 9.49. The van der Waals surface area contributed by atoms with Gasteiger partial charge >= 0.3 is 5.97 Å². The molecule has 1 heterocycles. The molecular formula is C27H24BrClN2O5. The third-order valence-electron chi connectivity index (χ3n) is 7.25. The molecule has 2 aromatic rings. The highest BCUT2D eigenvalue weighted by Crippen LogP contribution is 2.53. The molecule has 2 bridgehead atoms. The highest BCUT2D eigenvalue weighted by molar-refractivity contribution is 9.10. The normalized spacial score (nSPS) is 24.7. The number of rotatable bonds is 7. The number of allylic oxidation sites excluding steroid dienone is 2. The first kappa shape index (κ1) is 24.7. The minimum atomic E-state index is -1.14. The number of carbonyl (C=O) groups excluding carboxylic acids is 4. The summed E-state index contributed by atoms with van der Waals surface area (Å²) in [5.74, 6) is -2.79. The molecule has 2 fully saturated rings. The van der Waals surface area contributed by atoms with Gasteiger partial charge in [-0.25, -0.2) is 4.79 Å². The average molecular weight is 572 g/mol. The molecule has 1 saturated heterocycles. The maximum absolute atomic E-state index is 13.4. The first-order valence-electron chi connectivity index (χ1n) is 11.8. The summed E-state index contributed by atoms with van der Waals surface area (Å²) in [5.41, 5.74) is 2.05. The van der Waals surface area contributed by atoms with Crippen LogP contribution in [0.25, 0.3) is 0 Å². The van der Waals surface area contributed by atoms with E-state index in [1.165, 1.54) is 0 Å². The topological polar surface area (TPSA) is 92.8 Å². The van der Waals surface area contributed by atoms with Gasteiger partial charge < -0.3 is 10.1 Å². The van der Waals surface area contributed by atoms with Crippen molar-refractivity contribution in [3.63, 3.8) is 0 Å². The van der Waals surface area contributed by atoms with Crippen molar-refractivity contribution in [2.24, 2.45) is 23.7 Å². The number of benzene rings is 2. The Labute approximate surface area is 221 Å². The van der Waals surface area contributed by atoms with E-state index in [1.807, 2.05) is 49.4 Å². The van der Waals surface area contributed by atoms with Crippen LogP contribution in [0.5, 0.6) is 0 Å². The van der Waals surface area contributed by atoms with Gasteiger partial charge in [0.25, 0.3) is 5.91 Å². The quantitative estimate of drug-likeness (QED) is 0.304. The molecule has 1 N–H and O–H groups in total. The van der Waals surface area contributed by atoms with E-state index in [0.717, 1.165) is 22.4 Å². The Bertz CT molecular complexity index is 1250. The molecule has 5 atom stereocenters. The van der Waals surface area contributed by atoms with E-state index in [-0.39, 0.29) is 30.1 Å². The molecule has 3 aliphatic rings. The summed E-state index contributed by atoms with van der Waals surface area (Å²) in [6, 6.07) is 11.4. The minimum absolute atomic E-state index is 0.0293. The maximum Gasteiger partial charge on any atom is 0.330 e. The zero-order valence-corrected chi connectivity index (χ0v) is 21.8. The van der Waals surface area contributed by atoms with Crippen LogP contribution in [0, 0.1) is 30.6 Å². The van der Waals surface area contributed by atoms with Crippen LogP contribution < -0.4 is 5.32 Å². The number of ether oxygens (including phenoxy) is 1. The molecule has 186 valence electrons. The lowest BCUT2D eigenvalue weighted by molar-refractivity contribution is -0.160. The zero-order chi connectivity index (χ0) is 25.6. The Kier molecular flexibility index (Phi) is 6.74. The van der Waals surface area contributed by atoms with Gasteiger partial charge in [0.15, 0.2) is 6.61 Å². The minimum Gasteiger partial charge on any atom is -0.454 e. The number of nitrogens with zero attached hydrogens (tertiary/aromatic N) is 1. The molecule has 1 saturated carbocycles. The SMILES string of the molecule is Cc1cc(Br)c(Cl)cc1NC(=O)COC(=O)[C@@H](Cc1ccccc1)N1C(=O)[C@@H]2[C@H](C1=O)[C@H]1C=C[C@H]2C1. The second kappa shape index (κ2) is 9.82. The molecule has 0 unspecified atom stereocenters. The fourth-order valence-electron chi connectivity index (χ4n) is 5.55. The molecule has 0 aromatic heterocycles. The molecule has 0 radical (unpaired) electrons. The number of esters is 1. The Hall–Kier alpha value is -2.97. The second-order valence-corrected chi connectivity index (χ2v) is 10.8. The van der Waals surface area contributed by atoms with Crippen molar-refractivity contribution >= 4 is 56.9 Å². The lowest BCUT2D eigenvalue weighted by Crippen LogP contribution is -2.48. The third kappa shape index (κ3) is 4.48. The molecule has 5 rings (SSSR count). The number of fused-ring (bicyclic) bond motifs is 5. The van der Waals surface area contributed by atoms with Crippen molar-refractivity contribution in [3.05, 3.63) is 75.2 Å². The predicted octanol–water partition coefficient (Wildman–Crippen LogP) is 4.31. The first-order valence-corrected chi connectivity index (χ1v) is 12.9. The van der Waals surface area contributed by atoms with Gasteiger partial charge in [-0.1, -0.05) is 54.1 Å². The smallest absolute Gasteiger partial charge is 0.330 e. The molecule has 1 aliphatic heterocycles. The van der Waals surface area contributed by atoms with Gasteiger partial charge in [-0.2, -0.15) is 0 Å². The van der Waals surface area contributed by atoms with Crippen molar-refractivity contribution in [1.82, 2.24) is 4.90 Å². The Morgan fingerprint density at radius 3 is 2.39 bits per heavy atom. The number of halogens is 2. The summed E-state index contributed by atoms with van der Waals surface area (Å²) in [6.07, 6.45) is 4.92. The van der Waals surface area contributed by atoms with Crippen molar-refractivity contribution in [3.8, 4) is 0 Å². The number of anilines is 1. The fraction of sp³-hybridized carbons (Fsp3) is 0.333. The lowest BCUT2D eigenvalue weighted by atomic mass is 9.85. The van der Waals surface area contributed by atoms with E-state index >= 15 is 0 Å². The van der Waals surface area contributed by atoms with Crippen LogP contribution in [0.2, 0.25) is 5.02 Å². The van der Waals surface area contributed by atoms with Crippen LogP contribution in [0.15, 0.2) is 59.1 Å². The predicted molar refractivity (Wildman–Crippen MR) is 137 cm³/mol. The number of hydrogen-bond donors (Lipinski definition) is 1. The summed E-state index contributed by atoms with van der Waals surface area (Å²) in [7, 11) is 0. The molecule has 36 heavy (non-hydrogen) atoms. The molecule has 7 nitrogen and oxygen atoms in total. The van der Waals surface area contributed by atoms with Crippen LogP contribution in [-0.4, -0.2) is 41.2 Å². The largest absolute Gasteiger partial charge is 0.454 e. The van der Waals surface area contributed by atoms with Gasteiger partial charge in [0.05, 0.1) is 16.9 Å². The van der Waals surface area contributed by atoms with E-state index in [9.17, 15) is 19.2 Å². The van der Waals surface area contributed by atoms with Gasteiger partial charge in [0.1, 0.15) is 6.04 Å². The van der Waals surface area contributed by atoms with E-state index in [0.29, 0.717) is 15.2 Å². The molecule has 9 heteroatoms. The monoisotopic (exact) mass is 570 g/mol. The number of amides is 3. The van der Waals surface area contributed by atoms with Crippen LogP contribution in [0.1, 0.15) is 17.5 Å². The van der Waals surface area contributed by atoms with Crippen molar-refractivity contribution in [1.29, 1.82) is 0 Å². The highest BCUT2D eigenvalue weighted by Gasteiger charge is 2.61. The number of likely N-dealkylation sites (tertiary alicyclic amines) is 1. The molecule has 2 aliphatic carbocycles. The molecular weight excluding hydrogens is 548 g/mol. The van der Waals surface area contributed by atoms with Crippen LogP contribution >= 0.6 is 27.5 Å². The number of aryl methyl sites for hydroxylation is 1. The summed E-state index contributed by atoms with van der Waals surface area (Å²) in [5, 5.41) is 3.11. The van der Waals surface area contributed by atoms with Gasteiger partial charge in [-0.3, -0.25) is 19.3 Å². The van der Waals surface area contributed by atoms with Gasteiger partial charge in [0.2, 0.25) is 11.8 Å². The summed E-state index contributed by atoms with van der Waals surface area (Å²) < 4.78 is 6.05. The van der Waals surface area contributed by atoms with E-state index in [4.69, 9.17) is 16.3 Å². The Morgan fingerprint density at radius 2 is 1.75 bits per heavy atom. The summed E-state index contributed by atoms with van der Waals surface area (Å²) in [6.45, 7) is 1.25. The number of hydrogen-bond acceptors (Lipinski definition) is 5.